The van der Waals surface area contributed by atoms with Crippen molar-refractivity contribution in [2.45, 2.75) is 13.3 Å². The van der Waals surface area contributed by atoms with E-state index in [1.807, 2.05) is 43.1 Å². The summed E-state index contributed by atoms with van der Waals surface area (Å²) < 4.78 is 0. The largest absolute Gasteiger partial charge is 0.396 e. The second kappa shape index (κ2) is 7.04. The summed E-state index contributed by atoms with van der Waals surface area (Å²) in [5, 5.41) is 11.5. The summed E-state index contributed by atoms with van der Waals surface area (Å²) >= 11 is 0. The van der Waals surface area contributed by atoms with Gasteiger partial charge in [0, 0.05) is 18.8 Å². The number of anilines is 1. The summed E-state index contributed by atoms with van der Waals surface area (Å²) in [6.07, 6.45) is 0.689. The molecule has 0 bridgehead atoms. The number of nitrogens with one attached hydrogen (secondary N) is 1. The Balaban J connectivity index is 2.36. The van der Waals surface area contributed by atoms with E-state index in [0.29, 0.717) is 13.0 Å². The normalized spacial score (nSPS) is 10.6. The molecule has 0 aliphatic heterocycles. The van der Waals surface area contributed by atoms with Gasteiger partial charge in [-0.05, 0) is 32.5 Å². The molecule has 0 saturated carbocycles. The summed E-state index contributed by atoms with van der Waals surface area (Å²) in [4.78, 5) is 13.5. The Labute approximate surface area is 102 Å². The van der Waals surface area contributed by atoms with E-state index in [1.54, 1.807) is 0 Å². The van der Waals surface area contributed by atoms with Crippen LogP contribution in [0.4, 0.5) is 5.69 Å². The van der Waals surface area contributed by atoms with Crippen molar-refractivity contribution in [3.05, 3.63) is 29.8 Å². The maximum atomic E-state index is 11.7. The molecule has 0 unspecified atom stereocenters. The van der Waals surface area contributed by atoms with E-state index in [9.17, 15) is 4.79 Å². The Morgan fingerprint density at radius 3 is 2.59 bits per heavy atom. The van der Waals surface area contributed by atoms with Gasteiger partial charge in [0.25, 0.3) is 0 Å². The molecule has 1 amide bonds. The van der Waals surface area contributed by atoms with Gasteiger partial charge in [0.2, 0.25) is 5.91 Å². The molecule has 0 radical (unpaired) electrons. The minimum absolute atomic E-state index is 0.0331. The van der Waals surface area contributed by atoms with Crippen molar-refractivity contribution in [1.29, 1.82) is 0 Å². The maximum Gasteiger partial charge on any atom is 0.238 e. The number of aliphatic hydroxyl groups is 1. The minimum Gasteiger partial charge on any atom is -0.396 e. The highest BCUT2D eigenvalue weighted by Crippen LogP contribution is 2.08. The van der Waals surface area contributed by atoms with Gasteiger partial charge in [-0.2, -0.15) is 0 Å². The number of carbonyl (C=O) groups is 1. The van der Waals surface area contributed by atoms with E-state index in [0.717, 1.165) is 12.2 Å². The number of carbonyl (C=O) groups excluding carboxylic acids is 1. The molecule has 1 aromatic rings. The van der Waals surface area contributed by atoms with E-state index < -0.39 is 0 Å². The third kappa shape index (κ3) is 5.47. The number of rotatable bonds is 6. The fourth-order valence-corrected chi connectivity index (χ4v) is 1.50. The first-order valence-corrected chi connectivity index (χ1v) is 5.77. The lowest BCUT2D eigenvalue weighted by atomic mass is 10.2. The van der Waals surface area contributed by atoms with Crippen molar-refractivity contribution in [2.75, 3.05) is 32.1 Å². The monoisotopic (exact) mass is 236 g/mol. The van der Waals surface area contributed by atoms with E-state index in [4.69, 9.17) is 5.11 Å². The van der Waals surface area contributed by atoms with Gasteiger partial charge in [-0.15, -0.1) is 0 Å². The highest BCUT2D eigenvalue weighted by atomic mass is 16.3. The van der Waals surface area contributed by atoms with Gasteiger partial charge in [0.15, 0.2) is 0 Å². The number of likely N-dealkylation sites (N-methyl/N-ethyl adjacent to an activating group) is 1. The molecule has 0 aliphatic rings. The Hall–Kier alpha value is -1.39. The third-order valence-corrected chi connectivity index (χ3v) is 2.45. The maximum absolute atomic E-state index is 11.7. The molecule has 0 atom stereocenters. The Bertz CT molecular complexity index is 349. The summed E-state index contributed by atoms with van der Waals surface area (Å²) in [6, 6.07) is 7.71. The summed E-state index contributed by atoms with van der Waals surface area (Å²) in [5.74, 6) is -0.0331. The van der Waals surface area contributed by atoms with Crippen LogP contribution in [0.5, 0.6) is 0 Å². The van der Waals surface area contributed by atoms with Crippen LogP contribution in [0.3, 0.4) is 0 Å². The van der Waals surface area contributed by atoms with E-state index >= 15 is 0 Å². The average Bonchev–Trinajstić information content (AvgIpc) is 2.29. The Kier molecular flexibility index (Phi) is 5.66. The SMILES string of the molecule is Cc1ccc(NC(=O)CN(C)CCCO)cc1. The van der Waals surface area contributed by atoms with Crippen LogP contribution in [-0.2, 0) is 4.79 Å². The molecule has 0 fully saturated rings. The van der Waals surface area contributed by atoms with Crippen LogP contribution in [0.25, 0.3) is 0 Å². The van der Waals surface area contributed by atoms with Crippen LogP contribution in [0, 0.1) is 6.92 Å². The minimum atomic E-state index is -0.0331. The molecule has 17 heavy (non-hydrogen) atoms. The lowest BCUT2D eigenvalue weighted by Crippen LogP contribution is -2.31. The van der Waals surface area contributed by atoms with Crippen molar-refractivity contribution in [3.63, 3.8) is 0 Å². The van der Waals surface area contributed by atoms with Gasteiger partial charge in [-0.3, -0.25) is 9.69 Å². The predicted molar refractivity (Wildman–Crippen MR) is 69.0 cm³/mol. The molecule has 1 rings (SSSR count). The Morgan fingerprint density at radius 2 is 2.00 bits per heavy atom. The first-order valence-electron chi connectivity index (χ1n) is 5.77. The number of benzene rings is 1. The molecule has 4 heteroatoms. The number of hydrogen-bond acceptors (Lipinski definition) is 3. The molecule has 94 valence electrons. The van der Waals surface area contributed by atoms with E-state index in [-0.39, 0.29) is 12.5 Å². The van der Waals surface area contributed by atoms with Crippen molar-refractivity contribution >= 4 is 11.6 Å². The highest BCUT2D eigenvalue weighted by molar-refractivity contribution is 5.92. The van der Waals surface area contributed by atoms with Crippen molar-refractivity contribution in [2.24, 2.45) is 0 Å². The third-order valence-electron chi connectivity index (χ3n) is 2.45. The number of aliphatic hydroxyl groups excluding tert-OH is 1. The van der Waals surface area contributed by atoms with Gasteiger partial charge in [-0.1, -0.05) is 17.7 Å². The first kappa shape index (κ1) is 13.7. The zero-order chi connectivity index (χ0) is 12.7. The second-order valence-corrected chi connectivity index (χ2v) is 4.23. The lowest BCUT2D eigenvalue weighted by molar-refractivity contribution is -0.117. The van der Waals surface area contributed by atoms with Crippen molar-refractivity contribution in [1.82, 2.24) is 4.90 Å². The molecule has 0 aromatic heterocycles. The van der Waals surface area contributed by atoms with Gasteiger partial charge in [-0.25, -0.2) is 0 Å². The molecule has 4 nitrogen and oxygen atoms in total. The summed E-state index contributed by atoms with van der Waals surface area (Å²) in [5.41, 5.74) is 1.99. The molecule has 0 aliphatic carbocycles. The van der Waals surface area contributed by atoms with Gasteiger partial charge < -0.3 is 10.4 Å². The quantitative estimate of drug-likeness (QED) is 0.781. The standard InChI is InChI=1S/C13H20N2O2/c1-11-4-6-12(7-5-11)14-13(17)10-15(2)8-3-9-16/h4-7,16H,3,8-10H2,1-2H3,(H,14,17). The van der Waals surface area contributed by atoms with Crippen LogP contribution in [0.1, 0.15) is 12.0 Å². The molecule has 2 N–H and O–H groups in total. The van der Waals surface area contributed by atoms with Gasteiger partial charge in [0.1, 0.15) is 0 Å². The van der Waals surface area contributed by atoms with Crippen molar-refractivity contribution < 1.29 is 9.90 Å². The Morgan fingerprint density at radius 1 is 1.35 bits per heavy atom. The molecular formula is C13H20N2O2. The lowest BCUT2D eigenvalue weighted by Gasteiger charge is -2.15. The van der Waals surface area contributed by atoms with E-state index in [1.165, 1.54) is 5.56 Å². The van der Waals surface area contributed by atoms with Crippen LogP contribution in [0.2, 0.25) is 0 Å². The van der Waals surface area contributed by atoms with E-state index in [2.05, 4.69) is 5.32 Å². The average molecular weight is 236 g/mol. The molecule has 1 aromatic carbocycles. The fourth-order valence-electron chi connectivity index (χ4n) is 1.50. The molecule has 0 heterocycles. The highest BCUT2D eigenvalue weighted by Gasteiger charge is 2.06. The zero-order valence-electron chi connectivity index (χ0n) is 10.4. The second-order valence-electron chi connectivity index (χ2n) is 4.23. The molecule has 0 saturated heterocycles. The number of amides is 1. The summed E-state index contributed by atoms with van der Waals surface area (Å²) in [7, 11) is 1.87. The fraction of sp³-hybridized carbons (Fsp3) is 0.462. The van der Waals surface area contributed by atoms with Gasteiger partial charge in [0.05, 0.1) is 6.54 Å². The predicted octanol–water partition coefficient (Wildman–Crippen LogP) is 1.25. The zero-order valence-corrected chi connectivity index (χ0v) is 10.4. The van der Waals surface area contributed by atoms with Crippen LogP contribution in [0.15, 0.2) is 24.3 Å². The van der Waals surface area contributed by atoms with Crippen LogP contribution >= 0.6 is 0 Å². The van der Waals surface area contributed by atoms with Gasteiger partial charge >= 0.3 is 0 Å². The van der Waals surface area contributed by atoms with Crippen molar-refractivity contribution in [3.8, 4) is 0 Å². The number of nitrogens with zero attached hydrogens (tertiary/aromatic N) is 1. The molecular weight excluding hydrogens is 216 g/mol. The number of hydrogen-bond donors (Lipinski definition) is 2. The molecule has 0 spiro atoms. The smallest absolute Gasteiger partial charge is 0.238 e. The summed E-state index contributed by atoms with van der Waals surface area (Å²) in [6.45, 7) is 3.23. The number of aryl methyl sites for hydroxylation is 1. The topological polar surface area (TPSA) is 52.6 Å². The van der Waals surface area contributed by atoms with Crippen LogP contribution in [-0.4, -0.2) is 42.7 Å². The van der Waals surface area contributed by atoms with Crippen LogP contribution < -0.4 is 5.32 Å². The first-order chi connectivity index (χ1) is 8.11.